The van der Waals surface area contributed by atoms with E-state index in [4.69, 9.17) is 0 Å². The third-order valence-electron chi connectivity index (χ3n) is 2.11. The average Bonchev–Trinajstić information content (AvgIpc) is 2.85. The topological polar surface area (TPSA) is 67.9 Å². The number of benzene rings is 1. The van der Waals surface area contributed by atoms with Gasteiger partial charge in [0.2, 0.25) is 5.69 Å². The minimum atomic E-state index is -0.477. The third kappa shape index (κ3) is 2.85. The molecule has 2 aromatic rings. The quantitative estimate of drug-likeness (QED) is 0.662. The number of nitrogens with zero attached hydrogens (tertiary/aromatic N) is 2. The summed E-state index contributed by atoms with van der Waals surface area (Å²) in [6.07, 6.45) is 0. The van der Waals surface area contributed by atoms with Gasteiger partial charge in [-0.05, 0) is 5.56 Å². The van der Waals surface area contributed by atoms with E-state index in [9.17, 15) is 4.79 Å². The third-order valence-corrected chi connectivity index (χ3v) is 3.15. The predicted octanol–water partition coefficient (Wildman–Crippen LogP) is 1.88. The molecule has 0 atom stereocenters. The fraction of sp³-hybridized carbons (Fsp3) is 0.182. The average molecular weight is 249 g/mol. The van der Waals surface area contributed by atoms with Crippen LogP contribution in [0.2, 0.25) is 0 Å². The molecule has 0 aliphatic rings. The maximum absolute atomic E-state index is 11.3. The normalized spacial score (nSPS) is 10.2. The van der Waals surface area contributed by atoms with E-state index in [2.05, 4.69) is 20.1 Å². The number of hydrogen-bond acceptors (Lipinski definition) is 5. The molecule has 0 radical (unpaired) electrons. The number of esters is 1. The van der Waals surface area contributed by atoms with Crippen LogP contribution < -0.4 is 0 Å². The number of carbonyl (C=O) groups excluding carboxylic acids is 1. The van der Waals surface area contributed by atoms with Crippen LogP contribution in [0.3, 0.4) is 0 Å². The van der Waals surface area contributed by atoms with Gasteiger partial charge in [0, 0.05) is 5.75 Å². The van der Waals surface area contributed by atoms with Crippen molar-refractivity contribution in [1.29, 1.82) is 0 Å². The number of ether oxygens (including phenoxy) is 1. The molecule has 0 unspecified atom stereocenters. The molecule has 0 bridgehead atoms. The molecule has 5 nitrogen and oxygen atoms in total. The Bertz CT molecular complexity index is 498. The van der Waals surface area contributed by atoms with Gasteiger partial charge < -0.3 is 4.74 Å². The van der Waals surface area contributed by atoms with Crippen molar-refractivity contribution >= 4 is 17.7 Å². The molecule has 0 fully saturated rings. The lowest BCUT2D eigenvalue weighted by atomic mass is 10.2. The predicted molar refractivity (Wildman–Crippen MR) is 63.7 cm³/mol. The molecule has 0 saturated carbocycles. The molecule has 6 heteroatoms. The first-order valence-electron chi connectivity index (χ1n) is 4.97. The van der Waals surface area contributed by atoms with Gasteiger partial charge in [-0.25, -0.2) is 4.79 Å². The standard InChI is InChI=1S/C11H11N3O2S/c1-16-11(15)9-10(13-14-12-9)17-7-8-5-3-2-4-6-8/h2-6H,7H2,1H3,(H,12,13,14). The monoisotopic (exact) mass is 249 g/mol. The lowest BCUT2D eigenvalue weighted by molar-refractivity contribution is 0.0590. The summed E-state index contributed by atoms with van der Waals surface area (Å²) < 4.78 is 4.61. The summed E-state index contributed by atoms with van der Waals surface area (Å²) in [5.41, 5.74) is 1.39. The second kappa shape index (κ2) is 5.49. The highest BCUT2D eigenvalue weighted by Crippen LogP contribution is 2.22. The van der Waals surface area contributed by atoms with Crippen LogP contribution in [0, 0.1) is 0 Å². The molecule has 0 spiro atoms. The van der Waals surface area contributed by atoms with E-state index in [0.29, 0.717) is 5.03 Å². The van der Waals surface area contributed by atoms with Gasteiger partial charge in [-0.3, -0.25) is 0 Å². The summed E-state index contributed by atoms with van der Waals surface area (Å²) in [6, 6.07) is 9.94. The molecule has 1 aromatic heterocycles. The molecule has 0 aliphatic heterocycles. The van der Waals surface area contributed by atoms with Crippen molar-refractivity contribution in [2.24, 2.45) is 0 Å². The van der Waals surface area contributed by atoms with Gasteiger partial charge in [0.15, 0.2) is 5.03 Å². The molecule has 1 N–H and O–H groups in total. The van der Waals surface area contributed by atoms with E-state index in [0.717, 1.165) is 11.3 Å². The summed E-state index contributed by atoms with van der Waals surface area (Å²) in [5, 5.41) is 10.7. The maximum Gasteiger partial charge on any atom is 0.361 e. The van der Waals surface area contributed by atoms with Gasteiger partial charge >= 0.3 is 5.97 Å². The molecule has 1 aromatic carbocycles. The summed E-state index contributed by atoms with van der Waals surface area (Å²) in [5.74, 6) is 0.256. The molecular weight excluding hydrogens is 238 g/mol. The van der Waals surface area contributed by atoms with Crippen molar-refractivity contribution in [2.75, 3.05) is 7.11 Å². The molecule has 0 saturated heterocycles. The number of carbonyl (C=O) groups is 1. The van der Waals surface area contributed by atoms with Gasteiger partial charge in [-0.15, -0.1) is 10.2 Å². The fourth-order valence-corrected chi connectivity index (χ4v) is 2.14. The molecule has 17 heavy (non-hydrogen) atoms. The van der Waals surface area contributed by atoms with Crippen LogP contribution >= 0.6 is 11.8 Å². The Kier molecular flexibility index (Phi) is 3.77. The highest BCUT2D eigenvalue weighted by molar-refractivity contribution is 7.98. The van der Waals surface area contributed by atoms with Gasteiger partial charge in [0.1, 0.15) is 0 Å². The Morgan fingerprint density at radius 1 is 1.35 bits per heavy atom. The summed E-state index contributed by atoms with van der Waals surface area (Å²) in [6.45, 7) is 0. The smallest absolute Gasteiger partial charge is 0.361 e. The van der Waals surface area contributed by atoms with Crippen LogP contribution in [-0.4, -0.2) is 28.5 Å². The van der Waals surface area contributed by atoms with E-state index >= 15 is 0 Å². The summed E-state index contributed by atoms with van der Waals surface area (Å²) in [7, 11) is 1.32. The van der Waals surface area contributed by atoms with Crippen molar-refractivity contribution < 1.29 is 9.53 Å². The van der Waals surface area contributed by atoms with Gasteiger partial charge in [-0.2, -0.15) is 5.21 Å². The number of aromatic nitrogens is 3. The first-order valence-corrected chi connectivity index (χ1v) is 5.95. The lowest BCUT2D eigenvalue weighted by Crippen LogP contribution is -2.03. The van der Waals surface area contributed by atoms with Gasteiger partial charge in [-0.1, -0.05) is 42.1 Å². The SMILES string of the molecule is COC(=O)c1n[nH]nc1SCc1ccccc1. The van der Waals surface area contributed by atoms with E-state index in [1.807, 2.05) is 30.3 Å². The van der Waals surface area contributed by atoms with Crippen molar-refractivity contribution in [2.45, 2.75) is 10.8 Å². The van der Waals surface area contributed by atoms with Crippen LogP contribution in [0.1, 0.15) is 16.1 Å². The zero-order chi connectivity index (χ0) is 12.1. The second-order valence-electron chi connectivity index (χ2n) is 3.24. The van der Waals surface area contributed by atoms with E-state index in [-0.39, 0.29) is 5.69 Å². The fourth-order valence-electron chi connectivity index (χ4n) is 1.28. The molecule has 0 aliphatic carbocycles. The van der Waals surface area contributed by atoms with Crippen molar-refractivity contribution in [3.8, 4) is 0 Å². The Labute approximate surface area is 103 Å². The van der Waals surface area contributed by atoms with Crippen molar-refractivity contribution in [1.82, 2.24) is 15.4 Å². The van der Waals surface area contributed by atoms with Crippen LogP contribution in [0.15, 0.2) is 35.4 Å². The molecule has 2 rings (SSSR count). The van der Waals surface area contributed by atoms with Crippen molar-refractivity contribution in [3.05, 3.63) is 41.6 Å². The van der Waals surface area contributed by atoms with E-state index < -0.39 is 5.97 Å². The summed E-state index contributed by atoms with van der Waals surface area (Å²) in [4.78, 5) is 11.3. The Morgan fingerprint density at radius 3 is 2.82 bits per heavy atom. The zero-order valence-corrected chi connectivity index (χ0v) is 10.0. The highest BCUT2D eigenvalue weighted by atomic mass is 32.2. The van der Waals surface area contributed by atoms with Crippen molar-refractivity contribution in [3.63, 3.8) is 0 Å². The Morgan fingerprint density at radius 2 is 2.12 bits per heavy atom. The molecular formula is C11H11N3O2S. The minimum Gasteiger partial charge on any atom is -0.464 e. The first-order chi connectivity index (χ1) is 8.31. The van der Waals surface area contributed by atoms with Crippen LogP contribution in [-0.2, 0) is 10.5 Å². The van der Waals surface area contributed by atoms with Crippen LogP contribution in [0.4, 0.5) is 0 Å². The number of aromatic amines is 1. The molecule has 88 valence electrons. The number of rotatable bonds is 4. The Hall–Kier alpha value is -1.82. The summed E-state index contributed by atoms with van der Waals surface area (Å²) >= 11 is 1.44. The van der Waals surface area contributed by atoms with Gasteiger partial charge in [0.05, 0.1) is 7.11 Å². The number of hydrogen-bond donors (Lipinski definition) is 1. The minimum absolute atomic E-state index is 0.230. The van der Waals surface area contributed by atoms with Crippen LogP contribution in [0.25, 0.3) is 0 Å². The maximum atomic E-state index is 11.3. The Balaban J connectivity index is 2.05. The second-order valence-corrected chi connectivity index (χ2v) is 4.21. The first kappa shape index (κ1) is 11.7. The molecule has 0 amide bonds. The number of thioether (sulfide) groups is 1. The lowest BCUT2D eigenvalue weighted by Gasteiger charge is -1.99. The van der Waals surface area contributed by atoms with Gasteiger partial charge in [0.25, 0.3) is 0 Å². The number of H-pyrrole nitrogens is 1. The van der Waals surface area contributed by atoms with E-state index in [1.165, 1.54) is 18.9 Å². The molecule has 1 heterocycles. The zero-order valence-electron chi connectivity index (χ0n) is 9.21. The number of methoxy groups -OCH3 is 1. The number of nitrogens with one attached hydrogen (secondary N) is 1. The highest BCUT2D eigenvalue weighted by Gasteiger charge is 2.16. The van der Waals surface area contributed by atoms with E-state index in [1.54, 1.807) is 0 Å². The van der Waals surface area contributed by atoms with Crippen LogP contribution in [0.5, 0.6) is 0 Å². The largest absolute Gasteiger partial charge is 0.464 e.